The maximum atomic E-state index is 14.7. The van der Waals surface area contributed by atoms with E-state index in [1.54, 1.807) is 0 Å². The number of benzene rings is 1. The number of esters is 1. The van der Waals surface area contributed by atoms with Gasteiger partial charge in [0.1, 0.15) is 0 Å². The number of hydrogen-bond acceptors (Lipinski definition) is 6. The number of ether oxygens (including phenoxy) is 1. The molecule has 7 aliphatic carbocycles. The lowest BCUT2D eigenvalue weighted by Gasteiger charge is -2.71. The van der Waals surface area contributed by atoms with E-state index in [9.17, 15) is 24.6 Å². The zero-order valence-electron chi connectivity index (χ0n) is 30.3. The first kappa shape index (κ1) is 33.4. The molecule has 1 amide bonds. The van der Waals surface area contributed by atoms with Gasteiger partial charge < -0.3 is 19.8 Å². The van der Waals surface area contributed by atoms with E-state index in [4.69, 9.17) is 4.74 Å². The fraction of sp³-hybridized carbons (Fsp3) is 0.690. The number of nitrogens with zero attached hydrogens (tertiary/aromatic N) is 1. The number of aliphatic hydroxyl groups excluding tert-OH is 1. The van der Waals surface area contributed by atoms with Crippen LogP contribution in [0, 0.1) is 44.3 Å². The third-order valence-electron chi connectivity index (χ3n) is 16.7. The Hall–Kier alpha value is -2.77. The first-order valence-corrected chi connectivity index (χ1v) is 19.0. The smallest absolute Gasteiger partial charge is 0.313 e. The second-order valence-electron chi connectivity index (χ2n) is 18.4. The molecule has 7 heteroatoms. The van der Waals surface area contributed by atoms with Crippen LogP contribution in [0.2, 0.25) is 0 Å². The van der Waals surface area contributed by atoms with E-state index in [-0.39, 0.29) is 46.9 Å². The van der Waals surface area contributed by atoms with Crippen molar-refractivity contribution in [2.45, 2.75) is 123 Å². The molecule has 8 aliphatic rings. The summed E-state index contributed by atoms with van der Waals surface area (Å²) in [5, 5.41) is 24.0. The van der Waals surface area contributed by atoms with Gasteiger partial charge in [0.2, 0.25) is 0 Å². The van der Waals surface area contributed by atoms with Crippen LogP contribution in [0.25, 0.3) is 0 Å². The van der Waals surface area contributed by atoms with Crippen molar-refractivity contribution in [2.24, 2.45) is 44.3 Å². The lowest BCUT2D eigenvalue weighted by molar-refractivity contribution is -0.187. The van der Waals surface area contributed by atoms with E-state index >= 15 is 0 Å². The molecule has 10 atom stereocenters. The summed E-state index contributed by atoms with van der Waals surface area (Å²) in [4.78, 5) is 44.4. The van der Waals surface area contributed by atoms with Gasteiger partial charge >= 0.3 is 5.97 Å². The second-order valence-corrected chi connectivity index (χ2v) is 18.4. The van der Waals surface area contributed by atoms with E-state index in [1.807, 2.05) is 62.9 Å². The van der Waals surface area contributed by atoms with Gasteiger partial charge in [-0.15, -0.1) is 0 Å². The van der Waals surface area contributed by atoms with Gasteiger partial charge in [-0.1, -0.05) is 83.2 Å². The summed E-state index contributed by atoms with van der Waals surface area (Å²) in [7, 11) is 0. The molecule has 0 radical (unpaired) electrons. The quantitative estimate of drug-likeness (QED) is 0.188. The van der Waals surface area contributed by atoms with Crippen molar-refractivity contribution < 1.29 is 29.3 Å². The predicted octanol–water partition coefficient (Wildman–Crippen LogP) is 6.82. The van der Waals surface area contributed by atoms with E-state index in [2.05, 4.69) is 32.1 Å². The van der Waals surface area contributed by atoms with Crippen LogP contribution in [-0.4, -0.2) is 63.2 Å². The number of aliphatic hydroxyl groups is 2. The molecule has 0 aromatic heterocycles. The van der Waals surface area contributed by atoms with Crippen molar-refractivity contribution in [2.75, 3.05) is 13.1 Å². The number of carbonyl (C=O) groups excluding carboxylic acids is 3. The third-order valence-corrected chi connectivity index (χ3v) is 16.7. The lowest BCUT2D eigenvalue weighted by Crippen LogP contribution is -2.68. The standard InChI is InChI=1S/C42H55NO6/c1-7-23-43(33(46)42-22-19-38(6,34(47)49-42)35(42,2)3)26-40(48)18-15-31-37(40,5)17-14-30-36(4)16-13-28(44)24-39(36)20-21-41(30,31)29(25-39)32(45)27-11-9-8-10-12-27/h8-12,20-21,25,28,30-31,44,48H,7,13-19,22-24,26H2,1-6H3/t28?,30-,31-,36-,37+,38+,39+,40-,41-,42-/m1/s1. The van der Waals surface area contributed by atoms with Gasteiger partial charge in [0.15, 0.2) is 11.4 Å². The Balaban J connectivity index is 1.20. The van der Waals surface area contributed by atoms with Crippen LogP contribution in [-0.2, 0) is 14.3 Å². The van der Waals surface area contributed by atoms with Crippen molar-refractivity contribution in [1.82, 2.24) is 4.90 Å². The molecule has 4 saturated carbocycles. The van der Waals surface area contributed by atoms with Gasteiger partial charge in [-0.25, -0.2) is 0 Å². The van der Waals surface area contributed by atoms with Crippen molar-refractivity contribution >= 4 is 17.7 Å². The van der Waals surface area contributed by atoms with Crippen LogP contribution >= 0.6 is 0 Å². The number of rotatable bonds is 7. The summed E-state index contributed by atoms with van der Waals surface area (Å²) >= 11 is 0. The third kappa shape index (κ3) is 3.75. The zero-order chi connectivity index (χ0) is 35.0. The molecule has 5 fully saturated rings. The second kappa shape index (κ2) is 10.2. The highest BCUT2D eigenvalue weighted by molar-refractivity contribution is 6.10. The first-order valence-electron chi connectivity index (χ1n) is 19.0. The van der Waals surface area contributed by atoms with Crippen LogP contribution in [0.5, 0.6) is 0 Å². The van der Waals surface area contributed by atoms with Crippen molar-refractivity contribution in [3.8, 4) is 0 Å². The molecule has 2 spiro atoms. The minimum Gasteiger partial charge on any atom is -0.448 e. The monoisotopic (exact) mass is 669 g/mol. The number of carbonyl (C=O) groups is 3. The fourth-order valence-electron chi connectivity index (χ4n) is 13.2. The molecule has 1 saturated heterocycles. The molecule has 9 rings (SSSR count). The SMILES string of the molecule is CCCN(C[C@]1(O)CC[C@H]2[C@]34C=C[C@@]5(C=C3C(=O)c3ccccc3)CC(O)CC[C@]5(C)[C@H]4CC[C@@]21C)C(=O)[C@@]12CC[C@@](C)(C(=O)O1)C2(C)C. The number of allylic oxidation sites excluding steroid dienone is 4. The Morgan fingerprint density at radius 1 is 0.898 bits per heavy atom. The van der Waals surface area contributed by atoms with Gasteiger partial charge in [0, 0.05) is 39.3 Å². The predicted molar refractivity (Wildman–Crippen MR) is 186 cm³/mol. The summed E-state index contributed by atoms with van der Waals surface area (Å²) < 4.78 is 6.06. The van der Waals surface area contributed by atoms with Gasteiger partial charge in [-0.05, 0) is 88.4 Å². The summed E-state index contributed by atoms with van der Waals surface area (Å²) in [6, 6.07) is 9.57. The van der Waals surface area contributed by atoms with E-state index in [0.717, 1.165) is 44.1 Å². The number of ketones is 1. The molecular formula is C42H55NO6. The molecule has 1 aliphatic heterocycles. The molecule has 49 heavy (non-hydrogen) atoms. The minimum absolute atomic E-state index is 0.00634. The molecule has 1 aromatic rings. The minimum atomic E-state index is -1.23. The Morgan fingerprint density at radius 2 is 1.57 bits per heavy atom. The maximum absolute atomic E-state index is 14.7. The molecule has 7 nitrogen and oxygen atoms in total. The van der Waals surface area contributed by atoms with E-state index in [1.165, 1.54) is 0 Å². The first-order chi connectivity index (χ1) is 23.0. The van der Waals surface area contributed by atoms with Crippen LogP contribution in [0.15, 0.2) is 54.1 Å². The summed E-state index contributed by atoms with van der Waals surface area (Å²) in [6.45, 7) is 13.2. The molecule has 2 N–H and O–H groups in total. The highest BCUT2D eigenvalue weighted by atomic mass is 16.6. The Kier molecular flexibility index (Phi) is 6.93. The number of fused-ring (bicyclic) bond motifs is 3. The Bertz CT molecular complexity index is 1680. The van der Waals surface area contributed by atoms with Crippen molar-refractivity contribution in [3.63, 3.8) is 0 Å². The van der Waals surface area contributed by atoms with Crippen molar-refractivity contribution in [1.29, 1.82) is 0 Å². The normalized spacial score (nSPS) is 46.8. The average molecular weight is 670 g/mol. The van der Waals surface area contributed by atoms with Gasteiger partial charge in [0.05, 0.1) is 23.7 Å². The Labute approximate surface area is 291 Å². The highest BCUT2D eigenvalue weighted by Gasteiger charge is 2.78. The van der Waals surface area contributed by atoms with Crippen LogP contribution in [0.4, 0.5) is 0 Å². The van der Waals surface area contributed by atoms with Crippen LogP contribution in [0.1, 0.15) is 116 Å². The van der Waals surface area contributed by atoms with Gasteiger partial charge in [-0.2, -0.15) is 0 Å². The average Bonchev–Trinajstić information content (AvgIpc) is 3.52. The number of hydrogen-bond donors (Lipinski definition) is 2. The van der Waals surface area contributed by atoms with Gasteiger partial charge in [0.25, 0.3) is 5.91 Å². The Morgan fingerprint density at radius 3 is 2.22 bits per heavy atom. The van der Waals surface area contributed by atoms with Crippen LogP contribution < -0.4 is 0 Å². The number of Topliss-reactive ketones (excluding diaryl/α,β-unsaturated/α-hetero) is 1. The number of amides is 1. The molecule has 1 heterocycles. The van der Waals surface area contributed by atoms with E-state index in [0.29, 0.717) is 37.8 Å². The molecule has 264 valence electrons. The fourth-order valence-corrected chi connectivity index (χ4v) is 13.2. The summed E-state index contributed by atoms with van der Waals surface area (Å²) in [5.74, 6) is -0.219. The molecular weight excluding hydrogens is 614 g/mol. The summed E-state index contributed by atoms with van der Waals surface area (Å²) in [6.07, 6.45) is 13.6. The highest BCUT2D eigenvalue weighted by Crippen LogP contribution is 2.78. The topological polar surface area (TPSA) is 104 Å². The lowest BCUT2D eigenvalue weighted by atomic mass is 9.32. The largest absolute Gasteiger partial charge is 0.448 e. The molecule has 4 bridgehead atoms. The van der Waals surface area contributed by atoms with Crippen molar-refractivity contribution in [3.05, 3.63) is 59.7 Å². The summed E-state index contributed by atoms with van der Waals surface area (Å²) in [5.41, 5.74) is -3.89. The molecule has 1 aromatic carbocycles. The van der Waals surface area contributed by atoms with E-state index < -0.39 is 39.0 Å². The maximum Gasteiger partial charge on any atom is 0.313 e. The van der Waals surface area contributed by atoms with Gasteiger partial charge in [-0.3, -0.25) is 14.4 Å². The molecule has 1 unspecified atom stereocenters. The van der Waals surface area contributed by atoms with Crippen LogP contribution in [0.3, 0.4) is 0 Å². The zero-order valence-corrected chi connectivity index (χ0v) is 30.3.